The van der Waals surface area contributed by atoms with Gasteiger partial charge in [0.15, 0.2) is 12.4 Å². The summed E-state index contributed by atoms with van der Waals surface area (Å²) in [7, 11) is 0. The third-order valence-corrected chi connectivity index (χ3v) is 4.06. The van der Waals surface area contributed by atoms with Gasteiger partial charge in [0.25, 0.3) is 5.91 Å². The molecule has 0 atom stereocenters. The quantitative estimate of drug-likeness (QED) is 0.617. The molecule has 28 heavy (non-hydrogen) atoms. The predicted molar refractivity (Wildman–Crippen MR) is 109 cm³/mol. The number of benzene rings is 2. The molecule has 2 aromatic carbocycles. The Labute approximate surface area is 165 Å². The van der Waals surface area contributed by atoms with Gasteiger partial charge in [-0.25, -0.2) is 0 Å². The highest BCUT2D eigenvalue weighted by Gasteiger charge is 2.12. The van der Waals surface area contributed by atoms with Gasteiger partial charge in [0, 0.05) is 18.7 Å². The normalized spacial score (nSPS) is 10.2. The number of ketones is 1. The first-order valence-electron chi connectivity index (χ1n) is 9.38. The Morgan fingerprint density at radius 1 is 1.00 bits per heavy atom. The molecule has 0 spiro atoms. The molecule has 2 aromatic rings. The van der Waals surface area contributed by atoms with Gasteiger partial charge in [-0.2, -0.15) is 0 Å². The highest BCUT2D eigenvalue weighted by atomic mass is 16.5. The minimum Gasteiger partial charge on any atom is -0.483 e. The molecule has 0 heterocycles. The molecule has 148 valence electrons. The lowest BCUT2D eigenvalue weighted by Crippen LogP contribution is -2.30. The van der Waals surface area contributed by atoms with Gasteiger partial charge in [-0.15, -0.1) is 0 Å². The molecule has 0 unspecified atom stereocenters. The molecule has 2 rings (SSSR count). The van der Waals surface area contributed by atoms with Crippen molar-refractivity contribution in [3.63, 3.8) is 0 Å². The van der Waals surface area contributed by atoms with Gasteiger partial charge in [0.1, 0.15) is 5.75 Å². The number of hydrogen-bond donors (Lipinski definition) is 2. The average Bonchev–Trinajstić information content (AvgIpc) is 2.68. The molecule has 6 heteroatoms. The molecule has 0 saturated heterocycles. The maximum Gasteiger partial charge on any atom is 0.257 e. The minimum atomic E-state index is -0.259. The van der Waals surface area contributed by atoms with E-state index >= 15 is 0 Å². The van der Waals surface area contributed by atoms with Crippen LogP contribution in [0.1, 0.15) is 42.6 Å². The van der Waals surface area contributed by atoms with Crippen molar-refractivity contribution in [1.82, 2.24) is 5.32 Å². The number of rotatable bonds is 10. The van der Waals surface area contributed by atoms with Crippen molar-refractivity contribution >= 4 is 23.3 Å². The second kappa shape index (κ2) is 10.9. The van der Waals surface area contributed by atoms with E-state index < -0.39 is 0 Å². The Hall–Kier alpha value is -3.15. The van der Waals surface area contributed by atoms with Crippen molar-refractivity contribution in [1.29, 1.82) is 0 Å². The number of nitrogens with one attached hydrogen (secondary N) is 2. The zero-order valence-electron chi connectivity index (χ0n) is 16.3. The predicted octanol–water partition coefficient (Wildman–Crippen LogP) is 3.37. The molecule has 0 fully saturated rings. The Bertz CT molecular complexity index is 819. The number of amides is 2. The van der Waals surface area contributed by atoms with Gasteiger partial charge in [0.05, 0.1) is 5.56 Å². The smallest absolute Gasteiger partial charge is 0.257 e. The van der Waals surface area contributed by atoms with E-state index in [9.17, 15) is 14.4 Å². The second-order valence-corrected chi connectivity index (χ2v) is 6.44. The standard InChI is InChI=1S/C22H26N2O4/c1-3-7-21(26)24-18-10-11-20(19(14-18)16(2)25)28-15-22(27)23-13-12-17-8-5-4-6-9-17/h4-6,8-11,14H,3,7,12-13,15H2,1-2H3,(H,23,27)(H,24,26). The molecule has 0 aliphatic carbocycles. The van der Waals surface area contributed by atoms with Crippen LogP contribution in [0, 0.1) is 0 Å². The van der Waals surface area contributed by atoms with Crippen LogP contribution >= 0.6 is 0 Å². The van der Waals surface area contributed by atoms with Gasteiger partial charge in [-0.1, -0.05) is 37.3 Å². The van der Waals surface area contributed by atoms with Crippen molar-refractivity contribution in [3.05, 3.63) is 59.7 Å². The van der Waals surface area contributed by atoms with Crippen LogP contribution in [0.4, 0.5) is 5.69 Å². The fourth-order valence-corrected chi connectivity index (χ4v) is 2.64. The van der Waals surface area contributed by atoms with E-state index in [0.29, 0.717) is 30.0 Å². The first-order valence-corrected chi connectivity index (χ1v) is 9.38. The van der Waals surface area contributed by atoms with Crippen LogP contribution in [0.25, 0.3) is 0 Å². The Morgan fingerprint density at radius 3 is 2.43 bits per heavy atom. The summed E-state index contributed by atoms with van der Waals surface area (Å²) >= 11 is 0. The number of anilines is 1. The van der Waals surface area contributed by atoms with Crippen molar-refractivity contribution in [2.45, 2.75) is 33.1 Å². The number of ether oxygens (including phenoxy) is 1. The van der Waals surface area contributed by atoms with E-state index in [1.54, 1.807) is 18.2 Å². The topological polar surface area (TPSA) is 84.5 Å². The fourth-order valence-electron chi connectivity index (χ4n) is 2.64. The molecule has 0 aromatic heterocycles. The zero-order chi connectivity index (χ0) is 20.4. The Balaban J connectivity index is 1.88. The van der Waals surface area contributed by atoms with Crippen molar-refractivity contribution in [2.75, 3.05) is 18.5 Å². The third-order valence-electron chi connectivity index (χ3n) is 4.06. The maximum absolute atomic E-state index is 12.0. The summed E-state index contributed by atoms with van der Waals surface area (Å²) in [5.74, 6) is -0.250. The lowest BCUT2D eigenvalue weighted by Gasteiger charge is -2.12. The van der Waals surface area contributed by atoms with Crippen LogP contribution in [0.2, 0.25) is 0 Å². The highest BCUT2D eigenvalue weighted by molar-refractivity contribution is 5.99. The van der Waals surface area contributed by atoms with Gasteiger partial charge < -0.3 is 15.4 Å². The van der Waals surface area contributed by atoms with Gasteiger partial charge in [0.2, 0.25) is 5.91 Å². The van der Waals surface area contributed by atoms with Crippen LogP contribution in [0.3, 0.4) is 0 Å². The monoisotopic (exact) mass is 382 g/mol. The number of carbonyl (C=O) groups excluding carboxylic acids is 3. The summed E-state index contributed by atoms with van der Waals surface area (Å²) < 4.78 is 5.52. The Kier molecular flexibility index (Phi) is 8.21. The summed E-state index contributed by atoms with van der Waals surface area (Å²) in [6.07, 6.45) is 1.89. The summed E-state index contributed by atoms with van der Waals surface area (Å²) in [6.45, 7) is 3.66. The Morgan fingerprint density at radius 2 is 1.75 bits per heavy atom. The molecular weight excluding hydrogens is 356 g/mol. The molecule has 0 bridgehead atoms. The maximum atomic E-state index is 12.0. The molecule has 0 radical (unpaired) electrons. The van der Waals surface area contributed by atoms with E-state index in [0.717, 1.165) is 18.4 Å². The molecule has 0 saturated carbocycles. The summed E-state index contributed by atoms with van der Waals surface area (Å²) in [5.41, 5.74) is 2.00. The number of hydrogen-bond acceptors (Lipinski definition) is 4. The van der Waals surface area contributed by atoms with Crippen LogP contribution in [-0.4, -0.2) is 30.7 Å². The highest BCUT2D eigenvalue weighted by Crippen LogP contribution is 2.23. The molecule has 2 amide bonds. The van der Waals surface area contributed by atoms with Gasteiger partial charge >= 0.3 is 0 Å². The molecular formula is C22H26N2O4. The van der Waals surface area contributed by atoms with E-state index in [4.69, 9.17) is 4.74 Å². The van der Waals surface area contributed by atoms with E-state index in [1.807, 2.05) is 37.3 Å². The van der Waals surface area contributed by atoms with Crippen molar-refractivity contribution < 1.29 is 19.1 Å². The first-order chi connectivity index (χ1) is 13.5. The summed E-state index contributed by atoms with van der Waals surface area (Å²) in [5, 5.41) is 5.54. The van der Waals surface area contributed by atoms with Crippen LogP contribution in [0.15, 0.2) is 48.5 Å². The summed E-state index contributed by atoms with van der Waals surface area (Å²) in [4.78, 5) is 35.6. The van der Waals surface area contributed by atoms with Crippen molar-refractivity contribution in [2.24, 2.45) is 0 Å². The van der Waals surface area contributed by atoms with E-state index in [1.165, 1.54) is 6.92 Å². The van der Waals surface area contributed by atoms with Crippen LogP contribution in [-0.2, 0) is 16.0 Å². The lowest BCUT2D eigenvalue weighted by molar-refractivity contribution is -0.123. The fraction of sp³-hybridized carbons (Fsp3) is 0.318. The number of carbonyl (C=O) groups is 3. The largest absolute Gasteiger partial charge is 0.483 e. The van der Waals surface area contributed by atoms with Crippen molar-refractivity contribution in [3.8, 4) is 5.75 Å². The van der Waals surface area contributed by atoms with Crippen LogP contribution in [0.5, 0.6) is 5.75 Å². The van der Waals surface area contributed by atoms with E-state index in [2.05, 4.69) is 10.6 Å². The minimum absolute atomic E-state index is 0.108. The number of Topliss-reactive ketones (excluding diaryl/α,β-unsaturated/α-hetero) is 1. The average molecular weight is 382 g/mol. The van der Waals surface area contributed by atoms with Gasteiger partial charge in [-0.05, 0) is 43.5 Å². The summed E-state index contributed by atoms with van der Waals surface area (Å²) in [6, 6.07) is 14.7. The molecule has 2 N–H and O–H groups in total. The molecule has 0 aliphatic rings. The zero-order valence-corrected chi connectivity index (χ0v) is 16.3. The van der Waals surface area contributed by atoms with Crippen LogP contribution < -0.4 is 15.4 Å². The van der Waals surface area contributed by atoms with Gasteiger partial charge in [-0.3, -0.25) is 14.4 Å². The SMILES string of the molecule is CCCC(=O)Nc1ccc(OCC(=O)NCCc2ccccc2)c(C(C)=O)c1. The molecule has 0 aliphatic heterocycles. The second-order valence-electron chi connectivity index (χ2n) is 6.44. The lowest BCUT2D eigenvalue weighted by atomic mass is 10.1. The third kappa shape index (κ3) is 6.87. The van der Waals surface area contributed by atoms with E-state index in [-0.39, 0.29) is 24.2 Å². The molecule has 6 nitrogen and oxygen atoms in total. The first kappa shape index (κ1) is 21.2.